The topological polar surface area (TPSA) is 24.1 Å². The highest BCUT2D eigenvalue weighted by atomic mass is 35.5. The molecule has 2 nitrogen and oxygen atoms in total. The molecule has 2 rings (SSSR count). The molecule has 1 aliphatic heterocycles. The van der Waals surface area contributed by atoms with Gasteiger partial charge in [0.1, 0.15) is 0 Å². The maximum Gasteiger partial charge on any atom is 0.0572 e. The molecule has 1 heterocycles. The fraction of sp³-hybridized carbons (Fsp3) is 0.500. The molecule has 1 unspecified atom stereocenters. The smallest absolute Gasteiger partial charge is 0.0572 e. The van der Waals surface area contributed by atoms with Crippen LogP contribution in [0.15, 0.2) is 24.3 Å². The van der Waals surface area contributed by atoms with Crippen molar-refractivity contribution in [3.05, 3.63) is 34.9 Å². The van der Waals surface area contributed by atoms with Gasteiger partial charge in [0.2, 0.25) is 0 Å². The average Bonchev–Trinajstić information content (AvgIpc) is 2.74. The standard InChI is InChI=1S/C12H17ClN2.2ClH/c13-11-5-2-1-4-10(11)7-9-15-12-6-3-8-14-12;;/h1-2,4-5,12,14-15H,3,6-9H2;2*1H. The van der Waals surface area contributed by atoms with E-state index in [-0.39, 0.29) is 24.8 Å². The third-order valence-electron chi connectivity index (χ3n) is 2.80. The van der Waals surface area contributed by atoms with Crippen LogP contribution in [0.1, 0.15) is 18.4 Å². The highest BCUT2D eigenvalue weighted by Crippen LogP contribution is 2.15. The summed E-state index contributed by atoms with van der Waals surface area (Å²) in [5, 5.41) is 7.77. The zero-order chi connectivity index (χ0) is 10.5. The minimum atomic E-state index is 0. The lowest BCUT2D eigenvalue weighted by molar-refractivity contribution is 0.486. The molecule has 0 saturated carbocycles. The van der Waals surface area contributed by atoms with E-state index in [4.69, 9.17) is 11.6 Å². The van der Waals surface area contributed by atoms with Crippen molar-refractivity contribution in [2.24, 2.45) is 0 Å². The molecule has 2 N–H and O–H groups in total. The maximum atomic E-state index is 6.08. The second-order valence-electron chi connectivity index (χ2n) is 3.94. The molecule has 1 aromatic rings. The highest BCUT2D eigenvalue weighted by Gasteiger charge is 2.12. The molecule has 0 aliphatic carbocycles. The Morgan fingerprint density at radius 1 is 1.29 bits per heavy atom. The number of hydrogen-bond donors (Lipinski definition) is 2. The van der Waals surface area contributed by atoms with E-state index in [0.717, 1.165) is 24.5 Å². The molecule has 0 bridgehead atoms. The van der Waals surface area contributed by atoms with E-state index in [1.54, 1.807) is 0 Å². The molecule has 1 aromatic carbocycles. The van der Waals surface area contributed by atoms with E-state index in [1.807, 2.05) is 18.2 Å². The van der Waals surface area contributed by atoms with Crippen molar-refractivity contribution in [1.82, 2.24) is 10.6 Å². The zero-order valence-corrected chi connectivity index (χ0v) is 12.0. The van der Waals surface area contributed by atoms with Gasteiger partial charge in [0.05, 0.1) is 6.17 Å². The molecule has 98 valence electrons. The quantitative estimate of drug-likeness (QED) is 0.893. The number of benzene rings is 1. The first-order chi connectivity index (χ1) is 7.36. The largest absolute Gasteiger partial charge is 0.302 e. The predicted octanol–water partition coefficient (Wildman–Crippen LogP) is 3.03. The van der Waals surface area contributed by atoms with Crippen molar-refractivity contribution in [3.8, 4) is 0 Å². The molecule has 0 aromatic heterocycles. The molecule has 1 atom stereocenters. The van der Waals surface area contributed by atoms with Crippen LogP contribution < -0.4 is 10.6 Å². The van der Waals surface area contributed by atoms with Gasteiger partial charge < -0.3 is 10.6 Å². The lowest BCUT2D eigenvalue weighted by Gasteiger charge is -2.12. The SMILES string of the molecule is Cl.Cl.Clc1ccccc1CCNC1CCCN1. The van der Waals surface area contributed by atoms with E-state index in [2.05, 4.69) is 16.7 Å². The van der Waals surface area contributed by atoms with Crippen LogP contribution >= 0.6 is 36.4 Å². The fourth-order valence-corrected chi connectivity index (χ4v) is 2.17. The molecule has 1 fully saturated rings. The second-order valence-corrected chi connectivity index (χ2v) is 4.35. The second kappa shape index (κ2) is 9.01. The van der Waals surface area contributed by atoms with Gasteiger partial charge in [-0.2, -0.15) is 0 Å². The molecular weight excluding hydrogens is 279 g/mol. The lowest BCUT2D eigenvalue weighted by Crippen LogP contribution is -2.38. The van der Waals surface area contributed by atoms with E-state index < -0.39 is 0 Å². The minimum Gasteiger partial charge on any atom is -0.302 e. The number of hydrogen-bond acceptors (Lipinski definition) is 2. The maximum absolute atomic E-state index is 6.08. The van der Waals surface area contributed by atoms with Crippen molar-refractivity contribution < 1.29 is 0 Å². The van der Waals surface area contributed by atoms with E-state index in [0.29, 0.717) is 6.17 Å². The van der Waals surface area contributed by atoms with Crippen molar-refractivity contribution in [1.29, 1.82) is 0 Å². The summed E-state index contributed by atoms with van der Waals surface area (Å²) in [6.07, 6.45) is 4.02. The van der Waals surface area contributed by atoms with Crippen LogP contribution in [0.4, 0.5) is 0 Å². The normalized spacial score (nSPS) is 18.3. The Bertz CT molecular complexity index is 314. The summed E-state index contributed by atoms with van der Waals surface area (Å²) in [6, 6.07) is 8.05. The Morgan fingerprint density at radius 2 is 2.06 bits per heavy atom. The Hall–Kier alpha value is 0.01000. The monoisotopic (exact) mass is 296 g/mol. The Balaban J connectivity index is 0.00000128. The molecule has 1 aliphatic rings. The Kier molecular flexibility index (Phi) is 9.01. The van der Waals surface area contributed by atoms with Crippen molar-refractivity contribution in [2.45, 2.75) is 25.4 Å². The van der Waals surface area contributed by atoms with E-state index in [1.165, 1.54) is 18.4 Å². The first kappa shape index (κ1) is 17.0. The number of halogens is 3. The molecule has 0 spiro atoms. The molecular formula is C12H19Cl3N2. The summed E-state index contributed by atoms with van der Waals surface area (Å²) >= 11 is 6.08. The van der Waals surface area contributed by atoms with Gasteiger partial charge in [-0.3, -0.25) is 0 Å². The first-order valence-electron chi connectivity index (χ1n) is 5.56. The van der Waals surface area contributed by atoms with Crippen molar-refractivity contribution >= 4 is 36.4 Å². The van der Waals surface area contributed by atoms with Crippen LogP contribution in [0.25, 0.3) is 0 Å². The van der Waals surface area contributed by atoms with Crippen LogP contribution in [-0.4, -0.2) is 19.3 Å². The van der Waals surface area contributed by atoms with Crippen LogP contribution in [0, 0.1) is 0 Å². The highest BCUT2D eigenvalue weighted by molar-refractivity contribution is 6.31. The van der Waals surface area contributed by atoms with Gasteiger partial charge in [0.25, 0.3) is 0 Å². The summed E-state index contributed by atoms with van der Waals surface area (Å²) in [5.74, 6) is 0. The first-order valence-corrected chi connectivity index (χ1v) is 5.94. The number of rotatable bonds is 4. The third-order valence-corrected chi connectivity index (χ3v) is 3.17. The van der Waals surface area contributed by atoms with Gasteiger partial charge in [-0.15, -0.1) is 24.8 Å². The summed E-state index contributed by atoms with van der Waals surface area (Å²) < 4.78 is 0. The fourth-order valence-electron chi connectivity index (χ4n) is 1.94. The summed E-state index contributed by atoms with van der Waals surface area (Å²) in [5.41, 5.74) is 1.23. The average molecular weight is 298 g/mol. The van der Waals surface area contributed by atoms with Gasteiger partial charge in [-0.05, 0) is 37.4 Å². The van der Waals surface area contributed by atoms with Crippen LogP contribution in [0.2, 0.25) is 5.02 Å². The van der Waals surface area contributed by atoms with Crippen LogP contribution in [-0.2, 0) is 6.42 Å². The molecule has 1 saturated heterocycles. The predicted molar refractivity (Wildman–Crippen MR) is 78.7 cm³/mol. The van der Waals surface area contributed by atoms with Crippen LogP contribution in [0.5, 0.6) is 0 Å². The van der Waals surface area contributed by atoms with Crippen LogP contribution in [0.3, 0.4) is 0 Å². The molecule has 0 radical (unpaired) electrons. The minimum absolute atomic E-state index is 0. The third kappa shape index (κ3) is 5.45. The summed E-state index contributed by atoms with van der Waals surface area (Å²) in [7, 11) is 0. The summed E-state index contributed by atoms with van der Waals surface area (Å²) in [6.45, 7) is 2.13. The van der Waals surface area contributed by atoms with Gasteiger partial charge in [0, 0.05) is 11.6 Å². The Morgan fingerprint density at radius 3 is 2.71 bits per heavy atom. The van der Waals surface area contributed by atoms with Gasteiger partial charge in [-0.25, -0.2) is 0 Å². The molecule has 0 amide bonds. The van der Waals surface area contributed by atoms with Crippen molar-refractivity contribution in [3.63, 3.8) is 0 Å². The van der Waals surface area contributed by atoms with E-state index >= 15 is 0 Å². The van der Waals surface area contributed by atoms with Gasteiger partial charge in [0.15, 0.2) is 0 Å². The molecule has 5 heteroatoms. The molecule has 17 heavy (non-hydrogen) atoms. The Labute approximate surface area is 120 Å². The summed E-state index contributed by atoms with van der Waals surface area (Å²) in [4.78, 5) is 0. The zero-order valence-electron chi connectivity index (χ0n) is 9.62. The van der Waals surface area contributed by atoms with Crippen molar-refractivity contribution in [2.75, 3.05) is 13.1 Å². The van der Waals surface area contributed by atoms with Gasteiger partial charge in [-0.1, -0.05) is 29.8 Å². The lowest BCUT2D eigenvalue weighted by atomic mass is 10.1. The number of nitrogens with one attached hydrogen (secondary N) is 2. The van der Waals surface area contributed by atoms with E-state index in [9.17, 15) is 0 Å². The van der Waals surface area contributed by atoms with Gasteiger partial charge >= 0.3 is 0 Å².